The van der Waals surface area contributed by atoms with E-state index in [-0.39, 0.29) is 6.61 Å². The Hall–Kier alpha value is -2.08. The van der Waals surface area contributed by atoms with Crippen LogP contribution in [0.25, 0.3) is 0 Å². The minimum atomic E-state index is -0.769. The molecule has 6 nitrogen and oxygen atoms in total. The fourth-order valence-electron chi connectivity index (χ4n) is 1.71. The topological polar surface area (TPSA) is 81.9 Å². The Morgan fingerprint density at radius 3 is 2.72 bits per heavy atom. The number of para-hydroxylation sites is 1. The van der Waals surface area contributed by atoms with Crippen LogP contribution in [0.3, 0.4) is 0 Å². The van der Waals surface area contributed by atoms with Gasteiger partial charge in [-0.3, -0.25) is 9.69 Å². The number of hydrogen-bond acceptors (Lipinski definition) is 4. The predicted molar refractivity (Wildman–Crippen MR) is 63.0 cm³/mol. The zero-order chi connectivity index (χ0) is 13.0. The Bertz CT molecular complexity index is 435. The molecule has 0 aliphatic carbocycles. The molecule has 0 aromatic heterocycles. The maximum absolute atomic E-state index is 11.9. The number of morpholine rings is 1. The number of nitrogens with two attached hydrogens (primary N) is 1. The molecule has 0 saturated carbocycles. The summed E-state index contributed by atoms with van der Waals surface area (Å²) in [5.74, 6) is -0.170. The molecule has 96 valence electrons. The number of hydrogen-bond donors (Lipinski definition) is 1. The third kappa shape index (κ3) is 2.78. The van der Waals surface area contributed by atoms with Crippen LogP contribution in [0.5, 0.6) is 5.75 Å². The van der Waals surface area contributed by atoms with Gasteiger partial charge in [-0.1, -0.05) is 18.2 Å². The minimum Gasteiger partial charge on any atom is -0.410 e. The van der Waals surface area contributed by atoms with Gasteiger partial charge < -0.3 is 15.2 Å². The lowest BCUT2D eigenvalue weighted by molar-refractivity contribution is -0.127. The van der Waals surface area contributed by atoms with Crippen molar-refractivity contribution >= 4 is 12.0 Å². The largest absolute Gasteiger partial charge is 0.416 e. The van der Waals surface area contributed by atoms with Gasteiger partial charge >= 0.3 is 6.09 Å². The molecule has 2 rings (SSSR count). The van der Waals surface area contributed by atoms with Gasteiger partial charge in [0.05, 0.1) is 13.2 Å². The molecule has 1 heterocycles. The number of nitrogens with zero attached hydrogens (tertiary/aromatic N) is 1. The molecule has 2 amide bonds. The SMILES string of the molecule is NC(=O)C1COCCN1C(=O)Oc1ccccc1. The lowest BCUT2D eigenvalue weighted by Gasteiger charge is -2.32. The monoisotopic (exact) mass is 250 g/mol. The van der Waals surface area contributed by atoms with Gasteiger partial charge in [0.15, 0.2) is 0 Å². The van der Waals surface area contributed by atoms with E-state index < -0.39 is 18.0 Å². The molecule has 2 N–H and O–H groups in total. The van der Waals surface area contributed by atoms with Gasteiger partial charge in [-0.25, -0.2) is 4.79 Å². The fourth-order valence-corrected chi connectivity index (χ4v) is 1.71. The van der Waals surface area contributed by atoms with Crippen LogP contribution in [0.4, 0.5) is 4.79 Å². The normalized spacial score (nSPS) is 19.3. The highest BCUT2D eigenvalue weighted by atomic mass is 16.6. The smallest absolute Gasteiger partial charge is 0.410 e. The third-order valence-electron chi connectivity index (χ3n) is 2.64. The number of amides is 2. The van der Waals surface area contributed by atoms with Crippen LogP contribution in [0.1, 0.15) is 0 Å². The maximum Gasteiger partial charge on any atom is 0.416 e. The van der Waals surface area contributed by atoms with Crippen molar-refractivity contribution in [3.8, 4) is 5.75 Å². The fraction of sp³-hybridized carbons (Fsp3) is 0.333. The highest BCUT2D eigenvalue weighted by molar-refractivity contribution is 5.85. The second kappa shape index (κ2) is 5.50. The van der Waals surface area contributed by atoms with E-state index in [0.717, 1.165) is 0 Å². The summed E-state index contributed by atoms with van der Waals surface area (Å²) in [4.78, 5) is 24.4. The van der Waals surface area contributed by atoms with Crippen LogP contribution in [0.2, 0.25) is 0 Å². The van der Waals surface area contributed by atoms with Gasteiger partial charge in [0.25, 0.3) is 0 Å². The zero-order valence-corrected chi connectivity index (χ0v) is 9.74. The number of primary amides is 1. The minimum absolute atomic E-state index is 0.110. The lowest BCUT2D eigenvalue weighted by atomic mass is 10.2. The van der Waals surface area contributed by atoms with Gasteiger partial charge in [-0.15, -0.1) is 0 Å². The van der Waals surface area contributed by atoms with Crippen LogP contribution in [-0.2, 0) is 9.53 Å². The molecular weight excluding hydrogens is 236 g/mol. The van der Waals surface area contributed by atoms with E-state index in [0.29, 0.717) is 18.9 Å². The van der Waals surface area contributed by atoms with Crippen molar-refractivity contribution in [2.45, 2.75) is 6.04 Å². The molecule has 1 aliphatic heterocycles. The van der Waals surface area contributed by atoms with Crippen molar-refractivity contribution in [1.82, 2.24) is 4.90 Å². The van der Waals surface area contributed by atoms with E-state index >= 15 is 0 Å². The summed E-state index contributed by atoms with van der Waals surface area (Å²) < 4.78 is 10.3. The van der Waals surface area contributed by atoms with Crippen molar-refractivity contribution < 1.29 is 19.1 Å². The van der Waals surface area contributed by atoms with Gasteiger partial charge in [-0.05, 0) is 12.1 Å². The Kier molecular flexibility index (Phi) is 3.78. The molecule has 18 heavy (non-hydrogen) atoms. The molecule has 0 bridgehead atoms. The van der Waals surface area contributed by atoms with E-state index in [2.05, 4.69) is 0 Å². The highest BCUT2D eigenvalue weighted by Gasteiger charge is 2.32. The average Bonchev–Trinajstić information content (AvgIpc) is 2.40. The Morgan fingerprint density at radius 1 is 1.33 bits per heavy atom. The molecule has 1 aliphatic rings. The van der Waals surface area contributed by atoms with Gasteiger partial charge in [0, 0.05) is 6.54 Å². The summed E-state index contributed by atoms with van der Waals surface area (Å²) in [7, 11) is 0. The standard InChI is InChI=1S/C12H14N2O4/c13-11(15)10-8-17-7-6-14(10)12(16)18-9-4-2-1-3-5-9/h1-5,10H,6-8H2,(H2,13,15). The number of rotatable bonds is 2. The van der Waals surface area contributed by atoms with Crippen molar-refractivity contribution in [3.63, 3.8) is 0 Å². The summed E-state index contributed by atoms with van der Waals surface area (Å²) in [5.41, 5.74) is 5.22. The Balaban J connectivity index is 2.05. The van der Waals surface area contributed by atoms with Gasteiger partial charge in [0.2, 0.25) is 5.91 Å². The molecule has 1 aromatic rings. The predicted octanol–water partition coefficient (Wildman–Crippen LogP) is 0.371. The lowest BCUT2D eigenvalue weighted by Crippen LogP contribution is -2.55. The van der Waals surface area contributed by atoms with Gasteiger partial charge in [-0.2, -0.15) is 0 Å². The first kappa shape index (κ1) is 12.4. The molecule has 1 unspecified atom stereocenters. The van der Waals surface area contributed by atoms with E-state index in [9.17, 15) is 9.59 Å². The second-order valence-corrected chi connectivity index (χ2v) is 3.87. The van der Waals surface area contributed by atoms with Crippen LogP contribution in [-0.4, -0.2) is 42.7 Å². The first-order valence-corrected chi connectivity index (χ1v) is 5.59. The molecule has 1 fully saturated rings. The van der Waals surface area contributed by atoms with Crippen LogP contribution in [0, 0.1) is 0 Å². The average molecular weight is 250 g/mol. The summed E-state index contributed by atoms with van der Waals surface area (Å²) in [5, 5.41) is 0. The van der Waals surface area contributed by atoms with Crippen molar-refractivity contribution in [2.24, 2.45) is 5.73 Å². The Labute approximate surface area is 104 Å². The number of carbonyl (C=O) groups excluding carboxylic acids is 2. The molecule has 0 spiro atoms. The molecule has 6 heteroatoms. The number of benzene rings is 1. The molecule has 1 aromatic carbocycles. The maximum atomic E-state index is 11.9. The summed E-state index contributed by atoms with van der Waals surface area (Å²) in [6.07, 6.45) is -0.590. The number of carbonyl (C=O) groups is 2. The third-order valence-corrected chi connectivity index (χ3v) is 2.64. The molecule has 1 atom stereocenters. The summed E-state index contributed by atoms with van der Waals surface area (Å²) in [6.45, 7) is 0.770. The van der Waals surface area contributed by atoms with E-state index in [1.54, 1.807) is 24.3 Å². The second-order valence-electron chi connectivity index (χ2n) is 3.87. The summed E-state index contributed by atoms with van der Waals surface area (Å²) in [6, 6.07) is 7.89. The van der Waals surface area contributed by atoms with Gasteiger partial charge in [0.1, 0.15) is 11.8 Å². The number of ether oxygens (including phenoxy) is 2. The Morgan fingerprint density at radius 2 is 2.06 bits per heavy atom. The molecular formula is C12H14N2O4. The van der Waals surface area contributed by atoms with E-state index in [1.807, 2.05) is 6.07 Å². The molecule has 0 radical (unpaired) electrons. The highest BCUT2D eigenvalue weighted by Crippen LogP contribution is 2.13. The van der Waals surface area contributed by atoms with Crippen LogP contribution < -0.4 is 10.5 Å². The van der Waals surface area contributed by atoms with Crippen molar-refractivity contribution in [3.05, 3.63) is 30.3 Å². The zero-order valence-electron chi connectivity index (χ0n) is 9.74. The van der Waals surface area contributed by atoms with Crippen molar-refractivity contribution in [2.75, 3.05) is 19.8 Å². The van der Waals surface area contributed by atoms with Crippen LogP contribution in [0.15, 0.2) is 30.3 Å². The van der Waals surface area contributed by atoms with Crippen molar-refractivity contribution in [1.29, 1.82) is 0 Å². The van der Waals surface area contributed by atoms with Crippen LogP contribution >= 0.6 is 0 Å². The first-order chi connectivity index (χ1) is 8.68. The first-order valence-electron chi connectivity index (χ1n) is 5.59. The summed E-state index contributed by atoms with van der Waals surface area (Å²) >= 11 is 0. The quantitative estimate of drug-likeness (QED) is 0.822. The van der Waals surface area contributed by atoms with E-state index in [1.165, 1.54) is 4.90 Å². The molecule has 1 saturated heterocycles. The van der Waals surface area contributed by atoms with E-state index in [4.69, 9.17) is 15.2 Å².